The fourth-order valence-electron chi connectivity index (χ4n) is 10.9. The van der Waals surface area contributed by atoms with Gasteiger partial charge < -0.3 is 39.0 Å². The molecule has 1 saturated heterocycles. The zero-order valence-electron chi connectivity index (χ0n) is 53.7. The van der Waals surface area contributed by atoms with Crippen LogP contribution >= 0.6 is 0 Å². The van der Waals surface area contributed by atoms with Gasteiger partial charge in [-0.25, -0.2) is 4.79 Å². The molecule has 0 amide bonds. The van der Waals surface area contributed by atoms with Gasteiger partial charge in [-0.05, 0) is 51.4 Å². The average molecular weight is 1170 g/mol. The van der Waals surface area contributed by atoms with Crippen LogP contribution in [0.4, 0.5) is 0 Å². The number of ether oxygens (including phenoxy) is 5. The van der Waals surface area contributed by atoms with Crippen molar-refractivity contribution in [1.29, 1.82) is 0 Å². The molecule has 0 aromatic carbocycles. The average Bonchev–Trinajstić information content (AvgIpc) is 3.57. The molecule has 0 aromatic heterocycles. The maximum atomic E-state index is 13.2. The van der Waals surface area contributed by atoms with E-state index in [-0.39, 0.29) is 25.9 Å². The second kappa shape index (κ2) is 59.3. The monoisotopic (exact) mass is 1170 g/mol. The summed E-state index contributed by atoms with van der Waals surface area (Å²) in [6, 6.07) is 0. The van der Waals surface area contributed by atoms with Gasteiger partial charge in [-0.15, -0.1) is 0 Å². The third kappa shape index (κ3) is 48.7. The van der Waals surface area contributed by atoms with Crippen LogP contribution in [0.3, 0.4) is 0 Å². The number of unbranched alkanes of at least 4 members (excludes halogenated alkanes) is 41. The summed E-state index contributed by atoms with van der Waals surface area (Å²) in [4.78, 5) is 51.4. The van der Waals surface area contributed by atoms with E-state index in [0.29, 0.717) is 19.3 Å². The first-order valence-electron chi connectivity index (χ1n) is 35.0. The van der Waals surface area contributed by atoms with Crippen LogP contribution in [0.5, 0.6) is 0 Å². The SMILES string of the molecule is CC/C=C\C/C=C\C/C=C\CCCCCCCC(=O)OC1C(OCC(COC(=O)CCCCCCCCCCCCCCCCCCCCC)OC(=O)CCCCCCCCCCCCCCCCCCCCC)OC(C(=O)O)C(O)C1O. The number of esters is 3. The lowest BCUT2D eigenvalue weighted by atomic mass is 9.98. The number of aliphatic hydroxyl groups excluding tert-OH is 2. The van der Waals surface area contributed by atoms with Gasteiger partial charge in [0.1, 0.15) is 18.8 Å². The highest BCUT2D eigenvalue weighted by Crippen LogP contribution is 2.27. The van der Waals surface area contributed by atoms with Gasteiger partial charge in [0.2, 0.25) is 0 Å². The molecule has 12 nitrogen and oxygen atoms in total. The summed E-state index contributed by atoms with van der Waals surface area (Å²) in [6.45, 7) is 5.95. The van der Waals surface area contributed by atoms with Crippen molar-refractivity contribution in [3.8, 4) is 0 Å². The Kier molecular flexibility index (Phi) is 55.7. The van der Waals surface area contributed by atoms with Crippen molar-refractivity contribution in [3.63, 3.8) is 0 Å². The van der Waals surface area contributed by atoms with Crippen molar-refractivity contribution in [3.05, 3.63) is 36.5 Å². The standard InChI is InChI=1S/C71H128O12/c1-4-7-10-13-16-19-22-25-28-30-32-34-37-39-42-45-48-51-54-57-63(72)79-60-62(81-64(73)58-55-52-49-46-43-41-38-35-33-31-29-26-23-20-17-14-11-8-5-2)61-80-71-69(67(76)66(75)68(83-71)70(77)78)82-65(74)59-56-53-50-47-44-40-36-27-24-21-18-15-12-9-6-3/h9,12,18,21,27,36,62,66-69,71,75-76H,4-8,10-11,13-17,19-20,22-26,28-35,37-61H2,1-3H3,(H,77,78)/b12-9-,21-18-,36-27-. The van der Waals surface area contributed by atoms with Crippen LogP contribution in [-0.2, 0) is 42.9 Å². The Morgan fingerprint density at radius 1 is 0.410 bits per heavy atom. The zero-order chi connectivity index (χ0) is 60.3. The Hall–Kier alpha value is -3.06. The molecule has 3 N–H and O–H groups in total. The lowest BCUT2D eigenvalue weighted by Gasteiger charge is -2.40. The second-order valence-corrected chi connectivity index (χ2v) is 24.2. The fourth-order valence-corrected chi connectivity index (χ4v) is 10.9. The van der Waals surface area contributed by atoms with Crippen LogP contribution in [0.25, 0.3) is 0 Å². The molecule has 1 heterocycles. The van der Waals surface area contributed by atoms with E-state index in [1.54, 1.807) is 0 Å². The van der Waals surface area contributed by atoms with Gasteiger partial charge in [0.15, 0.2) is 24.6 Å². The van der Waals surface area contributed by atoms with Crippen molar-refractivity contribution in [1.82, 2.24) is 0 Å². The van der Waals surface area contributed by atoms with Crippen molar-refractivity contribution in [2.24, 2.45) is 0 Å². The maximum absolute atomic E-state index is 13.2. The van der Waals surface area contributed by atoms with E-state index in [0.717, 1.165) is 89.9 Å². The van der Waals surface area contributed by atoms with Crippen LogP contribution < -0.4 is 0 Å². The predicted octanol–water partition coefficient (Wildman–Crippen LogP) is 19.1. The van der Waals surface area contributed by atoms with Crippen molar-refractivity contribution < 1.29 is 58.2 Å². The number of carbonyl (C=O) groups is 4. The van der Waals surface area contributed by atoms with Crippen LogP contribution in [0, 0.1) is 0 Å². The van der Waals surface area contributed by atoms with Crippen molar-refractivity contribution in [2.75, 3.05) is 13.2 Å². The quantitative estimate of drug-likeness (QED) is 0.0228. The summed E-state index contributed by atoms with van der Waals surface area (Å²) < 4.78 is 28.6. The predicted molar refractivity (Wildman–Crippen MR) is 340 cm³/mol. The van der Waals surface area contributed by atoms with Gasteiger partial charge in [0.25, 0.3) is 0 Å². The van der Waals surface area contributed by atoms with Gasteiger partial charge >= 0.3 is 23.9 Å². The van der Waals surface area contributed by atoms with Gasteiger partial charge in [0, 0.05) is 19.3 Å². The molecule has 1 aliphatic heterocycles. The van der Waals surface area contributed by atoms with Crippen LogP contribution in [0.15, 0.2) is 36.5 Å². The molecule has 0 aliphatic carbocycles. The highest BCUT2D eigenvalue weighted by Gasteiger charge is 2.50. The Morgan fingerprint density at radius 3 is 1.16 bits per heavy atom. The van der Waals surface area contributed by atoms with E-state index >= 15 is 0 Å². The van der Waals surface area contributed by atoms with Gasteiger partial charge in [0.05, 0.1) is 6.61 Å². The number of carboxylic acid groups (broad SMARTS) is 1. The van der Waals surface area contributed by atoms with Crippen LogP contribution in [0.1, 0.15) is 342 Å². The molecule has 0 saturated carbocycles. The molecule has 12 heteroatoms. The largest absolute Gasteiger partial charge is 0.479 e. The highest BCUT2D eigenvalue weighted by atomic mass is 16.7. The van der Waals surface area contributed by atoms with Gasteiger partial charge in [-0.1, -0.05) is 308 Å². The number of aliphatic hydroxyl groups is 2. The van der Waals surface area contributed by atoms with E-state index in [1.807, 2.05) is 0 Å². The molecule has 0 aromatic rings. The van der Waals surface area contributed by atoms with E-state index in [2.05, 4.69) is 57.2 Å². The number of carboxylic acids is 1. The van der Waals surface area contributed by atoms with Crippen LogP contribution in [-0.4, -0.2) is 89.2 Å². The number of aliphatic carboxylic acids is 1. The zero-order valence-corrected chi connectivity index (χ0v) is 53.7. The third-order valence-corrected chi connectivity index (χ3v) is 16.2. The molecular formula is C71H128O12. The number of hydrogen-bond donors (Lipinski definition) is 3. The van der Waals surface area contributed by atoms with Crippen molar-refractivity contribution >= 4 is 23.9 Å². The molecule has 0 spiro atoms. The topological polar surface area (TPSA) is 175 Å². The Labute approximate surface area is 508 Å². The molecule has 1 rings (SSSR count). The first kappa shape index (κ1) is 78.0. The lowest BCUT2D eigenvalue weighted by Crippen LogP contribution is -2.61. The molecule has 0 bridgehead atoms. The smallest absolute Gasteiger partial charge is 0.335 e. The Balaban J connectivity index is 2.62. The normalized spacial score (nSPS) is 17.7. The van der Waals surface area contributed by atoms with Crippen molar-refractivity contribution in [2.45, 2.75) is 379 Å². The molecule has 484 valence electrons. The fraction of sp³-hybridized carbons (Fsp3) is 0.859. The number of rotatable bonds is 61. The van der Waals surface area contributed by atoms with Crippen LogP contribution in [0.2, 0.25) is 0 Å². The molecule has 6 unspecified atom stereocenters. The molecular weight excluding hydrogens is 1040 g/mol. The summed E-state index contributed by atoms with van der Waals surface area (Å²) in [5.74, 6) is -3.10. The molecule has 83 heavy (non-hydrogen) atoms. The van der Waals surface area contributed by atoms with E-state index in [4.69, 9.17) is 23.7 Å². The molecule has 6 atom stereocenters. The first-order chi connectivity index (χ1) is 40.6. The maximum Gasteiger partial charge on any atom is 0.335 e. The summed E-state index contributed by atoms with van der Waals surface area (Å²) in [5.41, 5.74) is 0. The minimum atomic E-state index is -1.91. The van der Waals surface area contributed by atoms with Gasteiger partial charge in [-0.3, -0.25) is 14.4 Å². The van der Waals surface area contributed by atoms with E-state index < -0.39 is 67.3 Å². The summed E-state index contributed by atoms with van der Waals surface area (Å²) in [7, 11) is 0. The molecule has 0 radical (unpaired) electrons. The lowest BCUT2D eigenvalue weighted by molar-refractivity contribution is -0.301. The van der Waals surface area contributed by atoms with Gasteiger partial charge in [-0.2, -0.15) is 0 Å². The van der Waals surface area contributed by atoms with E-state index in [9.17, 15) is 34.5 Å². The summed E-state index contributed by atoms with van der Waals surface area (Å²) >= 11 is 0. The first-order valence-corrected chi connectivity index (χ1v) is 35.0. The Morgan fingerprint density at radius 2 is 0.759 bits per heavy atom. The number of hydrogen-bond acceptors (Lipinski definition) is 11. The summed E-state index contributed by atoms with van der Waals surface area (Å²) in [5, 5.41) is 31.6. The van der Waals surface area contributed by atoms with E-state index in [1.165, 1.54) is 193 Å². The molecule has 1 fully saturated rings. The minimum Gasteiger partial charge on any atom is -0.479 e. The minimum absolute atomic E-state index is 0.0449. The second-order valence-electron chi connectivity index (χ2n) is 24.2. The Bertz CT molecular complexity index is 1580. The number of carbonyl (C=O) groups excluding carboxylic acids is 3. The highest BCUT2D eigenvalue weighted by molar-refractivity contribution is 5.74. The third-order valence-electron chi connectivity index (χ3n) is 16.2. The summed E-state index contributed by atoms with van der Waals surface area (Å²) in [6.07, 6.45) is 59.6. The molecule has 1 aliphatic rings. The number of allylic oxidation sites excluding steroid dienone is 6.